The minimum Gasteiger partial charge on any atom is -0.360 e. The summed E-state index contributed by atoms with van der Waals surface area (Å²) in [6.07, 6.45) is 0. The van der Waals surface area contributed by atoms with E-state index in [-0.39, 0.29) is 5.54 Å². The first-order valence-electron chi connectivity index (χ1n) is 9.41. The lowest BCUT2D eigenvalue weighted by Gasteiger charge is -2.39. The monoisotopic (exact) mass is 377 g/mol. The first-order chi connectivity index (χ1) is 12.3. The molecule has 1 aromatic heterocycles. The summed E-state index contributed by atoms with van der Waals surface area (Å²) in [5, 5.41) is 13.5. The van der Waals surface area contributed by atoms with Gasteiger partial charge in [-0.3, -0.25) is 0 Å². The molecule has 7 heteroatoms. The zero-order chi connectivity index (χ0) is 18.9. The predicted octanol–water partition coefficient (Wildman–Crippen LogP) is 2.18. The molecular weight excluding hydrogens is 348 g/mol. The molecule has 1 saturated heterocycles. The number of anilines is 1. The lowest BCUT2D eigenvalue weighted by Crippen LogP contribution is -3.15. The molecule has 0 saturated carbocycles. The van der Waals surface area contributed by atoms with Crippen LogP contribution in [0.15, 0.2) is 24.3 Å². The average Bonchev–Trinajstić information content (AvgIpc) is 3.05. The van der Waals surface area contributed by atoms with Gasteiger partial charge in [-0.15, -0.1) is 5.10 Å². The van der Waals surface area contributed by atoms with E-state index in [1.807, 2.05) is 22.9 Å². The van der Waals surface area contributed by atoms with Crippen molar-refractivity contribution in [1.29, 1.82) is 0 Å². The summed E-state index contributed by atoms with van der Waals surface area (Å²) >= 11 is 6.16. The molecule has 1 fully saturated rings. The number of tetrazole rings is 1. The van der Waals surface area contributed by atoms with E-state index in [0.717, 1.165) is 37.0 Å². The van der Waals surface area contributed by atoms with Gasteiger partial charge in [-0.1, -0.05) is 31.5 Å². The van der Waals surface area contributed by atoms with Crippen molar-refractivity contribution >= 4 is 17.3 Å². The molecule has 6 nitrogen and oxygen atoms in total. The summed E-state index contributed by atoms with van der Waals surface area (Å²) < 4.78 is 1.99. The quantitative estimate of drug-likeness (QED) is 0.887. The van der Waals surface area contributed by atoms with Crippen LogP contribution in [0.1, 0.15) is 46.5 Å². The van der Waals surface area contributed by atoms with E-state index in [4.69, 9.17) is 11.6 Å². The van der Waals surface area contributed by atoms with E-state index >= 15 is 0 Å². The lowest BCUT2D eigenvalue weighted by molar-refractivity contribution is -0.937. The fourth-order valence-corrected chi connectivity index (χ4v) is 4.04. The predicted molar refractivity (Wildman–Crippen MR) is 105 cm³/mol. The fourth-order valence-electron chi connectivity index (χ4n) is 3.85. The topological polar surface area (TPSA) is 51.3 Å². The van der Waals surface area contributed by atoms with Gasteiger partial charge >= 0.3 is 0 Å². The molecule has 1 atom stereocenters. The Morgan fingerprint density at radius 2 is 1.85 bits per heavy atom. The van der Waals surface area contributed by atoms with Crippen LogP contribution >= 0.6 is 11.6 Å². The number of aromatic nitrogens is 4. The van der Waals surface area contributed by atoms with Crippen molar-refractivity contribution in [3.05, 3.63) is 35.1 Å². The molecule has 1 aliphatic heterocycles. The summed E-state index contributed by atoms with van der Waals surface area (Å²) in [5.41, 5.74) is 1.09. The van der Waals surface area contributed by atoms with E-state index in [1.54, 1.807) is 4.90 Å². The zero-order valence-electron chi connectivity index (χ0n) is 16.4. The van der Waals surface area contributed by atoms with Crippen molar-refractivity contribution < 1.29 is 4.90 Å². The van der Waals surface area contributed by atoms with Gasteiger partial charge in [-0.05, 0) is 49.4 Å². The zero-order valence-corrected chi connectivity index (χ0v) is 17.2. The third-order valence-electron chi connectivity index (χ3n) is 5.09. The number of hydrogen-bond acceptors (Lipinski definition) is 4. The standard InChI is InChI=1S/C19H29ClN6/c1-14(2)17(18-21-22-23-26(18)19(3,4)5)25-11-9-24(10-12-25)16-8-6-7-15(20)13-16/h6-8,13-14,17H,9-12H2,1-5H3/p+1/t17-/m0/s1. The number of nitrogens with zero attached hydrogens (tertiary/aromatic N) is 5. The van der Waals surface area contributed by atoms with Crippen LogP contribution in [0.2, 0.25) is 5.02 Å². The van der Waals surface area contributed by atoms with Gasteiger partial charge < -0.3 is 9.80 Å². The Bertz CT molecular complexity index is 728. The van der Waals surface area contributed by atoms with Crippen LogP contribution in [0, 0.1) is 5.92 Å². The molecule has 0 amide bonds. The minimum atomic E-state index is -0.117. The highest BCUT2D eigenvalue weighted by Crippen LogP contribution is 2.23. The normalized spacial score (nSPS) is 17.7. The average molecular weight is 378 g/mol. The van der Waals surface area contributed by atoms with Crippen molar-refractivity contribution in [2.45, 2.75) is 46.2 Å². The summed E-state index contributed by atoms with van der Waals surface area (Å²) in [6.45, 7) is 15.1. The summed E-state index contributed by atoms with van der Waals surface area (Å²) in [6, 6.07) is 8.42. The maximum Gasteiger partial charge on any atom is 0.210 e. The number of hydrogen-bond donors (Lipinski definition) is 1. The van der Waals surface area contributed by atoms with E-state index in [1.165, 1.54) is 5.69 Å². The van der Waals surface area contributed by atoms with Gasteiger partial charge in [0.2, 0.25) is 5.82 Å². The van der Waals surface area contributed by atoms with Crippen LogP contribution in [0.3, 0.4) is 0 Å². The van der Waals surface area contributed by atoms with Crippen LogP contribution in [-0.2, 0) is 5.54 Å². The van der Waals surface area contributed by atoms with Crippen LogP contribution in [-0.4, -0.2) is 46.4 Å². The summed E-state index contributed by atoms with van der Waals surface area (Å²) in [5.74, 6) is 1.47. The number of halogens is 1. The third kappa shape index (κ3) is 4.01. The van der Waals surface area contributed by atoms with Crippen LogP contribution in [0.4, 0.5) is 5.69 Å². The first-order valence-corrected chi connectivity index (χ1v) is 9.79. The van der Waals surface area contributed by atoms with Gasteiger partial charge in [0.25, 0.3) is 0 Å². The number of benzene rings is 1. The third-order valence-corrected chi connectivity index (χ3v) is 5.33. The smallest absolute Gasteiger partial charge is 0.210 e. The molecule has 1 aliphatic rings. The largest absolute Gasteiger partial charge is 0.360 e. The van der Waals surface area contributed by atoms with Crippen molar-refractivity contribution in [3.8, 4) is 0 Å². The highest BCUT2D eigenvalue weighted by atomic mass is 35.5. The summed E-state index contributed by atoms with van der Waals surface area (Å²) in [4.78, 5) is 3.97. The van der Waals surface area contributed by atoms with Gasteiger partial charge in [0.05, 0.1) is 31.7 Å². The van der Waals surface area contributed by atoms with E-state index in [0.29, 0.717) is 12.0 Å². The summed E-state index contributed by atoms with van der Waals surface area (Å²) in [7, 11) is 0. The van der Waals surface area contributed by atoms with Crippen LogP contribution < -0.4 is 9.80 Å². The SMILES string of the molecule is CC(C)[C@@H](c1nnnn1C(C)(C)C)[NH+]1CCN(c2cccc(Cl)c2)CC1. The maximum absolute atomic E-state index is 6.16. The molecule has 2 aromatic rings. The second-order valence-electron chi connectivity index (χ2n) is 8.47. The number of quaternary nitrogens is 1. The molecule has 0 spiro atoms. The van der Waals surface area contributed by atoms with Crippen molar-refractivity contribution in [2.75, 3.05) is 31.1 Å². The van der Waals surface area contributed by atoms with Crippen LogP contribution in [0.5, 0.6) is 0 Å². The molecule has 1 aromatic carbocycles. The molecule has 1 N–H and O–H groups in total. The Labute approximate surface area is 161 Å². The van der Waals surface area contributed by atoms with Gasteiger partial charge in [0, 0.05) is 16.6 Å². The first kappa shape index (κ1) is 19.1. The minimum absolute atomic E-state index is 0.117. The Morgan fingerprint density at radius 1 is 1.15 bits per heavy atom. The van der Waals surface area contributed by atoms with Crippen molar-refractivity contribution in [1.82, 2.24) is 20.2 Å². The molecule has 0 radical (unpaired) electrons. The molecule has 142 valence electrons. The second-order valence-corrected chi connectivity index (χ2v) is 8.90. The molecule has 26 heavy (non-hydrogen) atoms. The molecule has 0 bridgehead atoms. The Balaban J connectivity index is 1.77. The number of rotatable bonds is 4. The van der Waals surface area contributed by atoms with Crippen molar-refractivity contribution in [3.63, 3.8) is 0 Å². The molecular formula is C19H30ClN6+. The lowest BCUT2D eigenvalue weighted by atomic mass is 9.99. The van der Waals surface area contributed by atoms with Crippen LogP contribution in [0.25, 0.3) is 0 Å². The Morgan fingerprint density at radius 3 is 2.42 bits per heavy atom. The molecule has 0 unspecified atom stereocenters. The Hall–Kier alpha value is -1.66. The van der Waals surface area contributed by atoms with E-state index in [9.17, 15) is 0 Å². The Kier molecular flexibility index (Phi) is 5.53. The number of nitrogens with one attached hydrogen (secondary N) is 1. The van der Waals surface area contributed by atoms with E-state index in [2.05, 4.69) is 61.1 Å². The van der Waals surface area contributed by atoms with Gasteiger partial charge in [0.1, 0.15) is 0 Å². The van der Waals surface area contributed by atoms with Gasteiger partial charge in [-0.2, -0.15) is 0 Å². The number of piperazine rings is 1. The highest BCUT2D eigenvalue weighted by Gasteiger charge is 2.37. The molecule has 2 heterocycles. The second kappa shape index (κ2) is 7.53. The van der Waals surface area contributed by atoms with Crippen molar-refractivity contribution in [2.24, 2.45) is 5.92 Å². The molecule has 3 rings (SSSR count). The highest BCUT2D eigenvalue weighted by molar-refractivity contribution is 6.30. The molecule has 0 aliphatic carbocycles. The van der Waals surface area contributed by atoms with Gasteiger partial charge in [0.15, 0.2) is 6.04 Å². The maximum atomic E-state index is 6.16. The fraction of sp³-hybridized carbons (Fsp3) is 0.632. The van der Waals surface area contributed by atoms with Gasteiger partial charge in [-0.25, -0.2) is 4.68 Å². The van der Waals surface area contributed by atoms with E-state index < -0.39 is 0 Å².